The third kappa shape index (κ3) is 3.80. The molecule has 1 saturated carbocycles. The zero-order valence-corrected chi connectivity index (χ0v) is 15.3. The predicted molar refractivity (Wildman–Crippen MR) is 105 cm³/mol. The van der Waals surface area contributed by atoms with Crippen molar-refractivity contribution >= 4 is 16.9 Å². The van der Waals surface area contributed by atoms with Gasteiger partial charge in [-0.2, -0.15) is 0 Å². The van der Waals surface area contributed by atoms with Gasteiger partial charge < -0.3 is 9.15 Å². The van der Waals surface area contributed by atoms with Crippen LogP contribution in [0.3, 0.4) is 0 Å². The molecule has 27 heavy (non-hydrogen) atoms. The Balaban J connectivity index is 1.54. The number of rotatable bonds is 3. The topological polar surface area (TPSA) is 56.5 Å². The summed E-state index contributed by atoms with van der Waals surface area (Å²) >= 11 is 0. The van der Waals surface area contributed by atoms with Crippen LogP contribution in [-0.4, -0.2) is 12.1 Å². The van der Waals surface area contributed by atoms with Gasteiger partial charge in [-0.1, -0.05) is 43.7 Å². The number of fused-ring (bicyclic) bond motifs is 1. The molecule has 0 unspecified atom stereocenters. The SMILES string of the molecule is C[C@@H]1CCC[C@H](OC(=O)c2ccc(-c3cc4ccccc4oc3=O)cc2)C1. The molecule has 1 aromatic heterocycles. The first-order valence-electron chi connectivity index (χ1n) is 9.44. The minimum Gasteiger partial charge on any atom is -0.459 e. The lowest BCUT2D eigenvalue weighted by Crippen LogP contribution is -2.24. The van der Waals surface area contributed by atoms with Crippen molar-refractivity contribution < 1.29 is 13.9 Å². The number of hydrogen-bond donors (Lipinski definition) is 0. The zero-order valence-electron chi connectivity index (χ0n) is 15.3. The van der Waals surface area contributed by atoms with Crippen molar-refractivity contribution in [1.82, 2.24) is 0 Å². The van der Waals surface area contributed by atoms with Gasteiger partial charge in [-0.3, -0.25) is 0 Å². The van der Waals surface area contributed by atoms with E-state index < -0.39 is 0 Å². The van der Waals surface area contributed by atoms with Crippen molar-refractivity contribution in [3.8, 4) is 11.1 Å². The van der Waals surface area contributed by atoms with Crippen molar-refractivity contribution in [3.05, 3.63) is 70.6 Å². The Morgan fingerprint density at radius 2 is 1.85 bits per heavy atom. The van der Waals surface area contributed by atoms with Gasteiger partial charge in [0.15, 0.2) is 0 Å². The van der Waals surface area contributed by atoms with Gasteiger partial charge in [0.1, 0.15) is 11.7 Å². The maximum Gasteiger partial charge on any atom is 0.344 e. The molecule has 0 spiro atoms. The highest BCUT2D eigenvalue weighted by molar-refractivity contribution is 5.90. The molecule has 0 radical (unpaired) electrons. The van der Waals surface area contributed by atoms with E-state index in [4.69, 9.17) is 9.15 Å². The fraction of sp³-hybridized carbons (Fsp3) is 0.304. The molecule has 0 N–H and O–H groups in total. The molecule has 4 rings (SSSR count). The second kappa shape index (κ2) is 7.39. The summed E-state index contributed by atoms with van der Waals surface area (Å²) in [6.45, 7) is 2.20. The Morgan fingerprint density at radius 3 is 2.63 bits per heavy atom. The van der Waals surface area contributed by atoms with Gasteiger partial charge in [-0.15, -0.1) is 0 Å². The molecule has 1 fully saturated rings. The summed E-state index contributed by atoms with van der Waals surface area (Å²) in [5.41, 5.74) is 1.88. The largest absolute Gasteiger partial charge is 0.459 e. The molecular weight excluding hydrogens is 340 g/mol. The minimum atomic E-state index is -0.389. The highest BCUT2D eigenvalue weighted by Gasteiger charge is 2.22. The van der Waals surface area contributed by atoms with Crippen LogP contribution in [0.15, 0.2) is 63.8 Å². The first-order valence-corrected chi connectivity index (χ1v) is 9.44. The van der Waals surface area contributed by atoms with E-state index in [-0.39, 0.29) is 17.7 Å². The molecule has 3 aromatic rings. The Bertz CT molecular complexity index is 1020. The van der Waals surface area contributed by atoms with Crippen LogP contribution in [0, 0.1) is 5.92 Å². The Morgan fingerprint density at radius 1 is 1.07 bits per heavy atom. The van der Waals surface area contributed by atoms with Crippen LogP contribution >= 0.6 is 0 Å². The molecule has 1 aliphatic rings. The summed E-state index contributed by atoms with van der Waals surface area (Å²) in [4.78, 5) is 24.7. The highest BCUT2D eigenvalue weighted by Crippen LogP contribution is 2.27. The lowest BCUT2D eigenvalue weighted by molar-refractivity contribution is 0.0155. The Labute approximate surface area is 157 Å². The number of carbonyl (C=O) groups excluding carboxylic acids is 1. The Kier molecular flexibility index (Phi) is 4.80. The normalized spacial score (nSPS) is 19.7. The van der Waals surface area contributed by atoms with E-state index in [2.05, 4.69) is 6.92 Å². The summed E-state index contributed by atoms with van der Waals surface area (Å²) in [6.07, 6.45) is 4.19. The molecular formula is C23H22O4. The molecule has 4 nitrogen and oxygen atoms in total. The van der Waals surface area contributed by atoms with Crippen molar-refractivity contribution in [2.75, 3.05) is 0 Å². The van der Waals surface area contributed by atoms with Gasteiger partial charge in [-0.25, -0.2) is 9.59 Å². The van der Waals surface area contributed by atoms with Crippen molar-refractivity contribution in [3.63, 3.8) is 0 Å². The third-order valence-corrected chi connectivity index (χ3v) is 5.24. The number of esters is 1. The van der Waals surface area contributed by atoms with Crippen LogP contribution in [0.25, 0.3) is 22.1 Å². The maximum absolute atomic E-state index is 12.4. The fourth-order valence-electron chi connectivity index (χ4n) is 3.75. The number of carbonyl (C=O) groups is 1. The lowest BCUT2D eigenvalue weighted by atomic mass is 9.89. The smallest absolute Gasteiger partial charge is 0.344 e. The van der Waals surface area contributed by atoms with Crippen LogP contribution in [0.5, 0.6) is 0 Å². The van der Waals surface area contributed by atoms with E-state index >= 15 is 0 Å². The van der Waals surface area contributed by atoms with Crippen LogP contribution in [0.4, 0.5) is 0 Å². The Hall–Kier alpha value is -2.88. The summed E-state index contributed by atoms with van der Waals surface area (Å²) in [7, 11) is 0. The van der Waals surface area contributed by atoms with Gasteiger partial charge in [0.2, 0.25) is 0 Å². The van der Waals surface area contributed by atoms with Crippen LogP contribution in [0.1, 0.15) is 43.0 Å². The van der Waals surface area contributed by atoms with E-state index in [1.54, 1.807) is 30.3 Å². The molecule has 0 bridgehead atoms. The van der Waals surface area contributed by atoms with Gasteiger partial charge in [-0.05, 0) is 55.0 Å². The van der Waals surface area contributed by atoms with Gasteiger partial charge in [0.25, 0.3) is 0 Å². The standard InChI is InChI=1S/C23H22O4/c1-15-5-4-7-19(13-15)26-22(24)17-11-9-16(10-12-17)20-14-18-6-2-3-8-21(18)27-23(20)25/h2-3,6,8-12,14-15,19H,4-5,7,13H2,1H3/t15-,19+/m1/s1. The second-order valence-corrected chi connectivity index (χ2v) is 7.36. The molecule has 0 saturated heterocycles. The molecule has 0 amide bonds. The van der Waals surface area contributed by atoms with E-state index in [0.29, 0.717) is 22.6 Å². The molecule has 4 heteroatoms. The second-order valence-electron chi connectivity index (χ2n) is 7.36. The van der Waals surface area contributed by atoms with Gasteiger partial charge >= 0.3 is 11.6 Å². The summed E-state index contributed by atoms with van der Waals surface area (Å²) in [5, 5.41) is 0.863. The minimum absolute atomic E-state index is 0.00783. The van der Waals surface area contributed by atoms with Crippen molar-refractivity contribution in [2.24, 2.45) is 5.92 Å². The van der Waals surface area contributed by atoms with Gasteiger partial charge in [0.05, 0.1) is 11.1 Å². The molecule has 1 heterocycles. The molecule has 2 atom stereocenters. The van der Waals surface area contributed by atoms with Gasteiger partial charge in [0, 0.05) is 5.39 Å². The van der Waals surface area contributed by atoms with Crippen molar-refractivity contribution in [1.29, 1.82) is 0 Å². The molecule has 2 aromatic carbocycles. The number of para-hydroxylation sites is 1. The average molecular weight is 362 g/mol. The fourth-order valence-corrected chi connectivity index (χ4v) is 3.75. The highest BCUT2D eigenvalue weighted by atomic mass is 16.5. The van der Waals surface area contributed by atoms with E-state index in [9.17, 15) is 9.59 Å². The monoisotopic (exact) mass is 362 g/mol. The maximum atomic E-state index is 12.4. The van der Waals surface area contributed by atoms with Crippen LogP contribution < -0.4 is 5.63 Å². The average Bonchev–Trinajstić information content (AvgIpc) is 2.67. The van der Waals surface area contributed by atoms with Crippen LogP contribution in [0.2, 0.25) is 0 Å². The van der Waals surface area contributed by atoms with E-state index in [0.717, 1.165) is 30.2 Å². The van der Waals surface area contributed by atoms with Crippen LogP contribution in [-0.2, 0) is 4.74 Å². The first-order chi connectivity index (χ1) is 13.1. The predicted octanol–water partition coefficient (Wildman–Crippen LogP) is 5.20. The quantitative estimate of drug-likeness (QED) is 0.475. The first kappa shape index (κ1) is 17.5. The summed E-state index contributed by atoms with van der Waals surface area (Å²) in [5.74, 6) is 0.303. The summed E-state index contributed by atoms with van der Waals surface area (Å²) in [6, 6.07) is 16.2. The van der Waals surface area contributed by atoms with E-state index in [1.807, 2.05) is 24.3 Å². The molecule has 1 aliphatic carbocycles. The van der Waals surface area contributed by atoms with Crippen molar-refractivity contribution in [2.45, 2.75) is 38.7 Å². The lowest BCUT2D eigenvalue weighted by Gasteiger charge is -2.26. The third-order valence-electron chi connectivity index (χ3n) is 5.24. The molecule has 0 aliphatic heterocycles. The summed E-state index contributed by atoms with van der Waals surface area (Å²) < 4.78 is 11.0. The zero-order chi connectivity index (χ0) is 18.8. The number of benzene rings is 2. The number of ether oxygens (including phenoxy) is 1. The van der Waals surface area contributed by atoms with E-state index in [1.165, 1.54) is 6.42 Å². The molecule has 138 valence electrons. The number of hydrogen-bond acceptors (Lipinski definition) is 4.